The second kappa shape index (κ2) is 7.25. The Morgan fingerprint density at radius 2 is 1.85 bits per heavy atom. The van der Waals surface area contributed by atoms with Crippen molar-refractivity contribution in [2.75, 3.05) is 0 Å². The van der Waals surface area contributed by atoms with Crippen LogP contribution in [0.4, 0.5) is 4.39 Å². The number of nitrogens with one attached hydrogen (secondary N) is 2. The van der Waals surface area contributed by atoms with Gasteiger partial charge in [-0.05, 0) is 55.5 Å². The van der Waals surface area contributed by atoms with Gasteiger partial charge in [0.15, 0.2) is 5.78 Å². The lowest BCUT2D eigenvalue weighted by Crippen LogP contribution is -2.29. The van der Waals surface area contributed by atoms with Crippen molar-refractivity contribution >= 4 is 23.0 Å². The highest BCUT2D eigenvalue weighted by molar-refractivity contribution is 7.10. The Kier molecular flexibility index (Phi) is 5.04. The number of benzene rings is 1. The zero-order chi connectivity index (χ0) is 18.8. The van der Waals surface area contributed by atoms with Crippen molar-refractivity contribution in [2.24, 2.45) is 0 Å². The van der Waals surface area contributed by atoms with Gasteiger partial charge < -0.3 is 10.3 Å². The number of H-pyrrole nitrogens is 1. The molecule has 6 heteroatoms. The number of hydrogen-bond acceptors (Lipinski definition) is 3. The maximum Gasteiger partial charge on any atom is 0.268 e. The van der Waals surface area contributed by atoms with Crippen LogP contribution in [0.15, 0.2) is 41.8 Å². The van der Waals surface area contributed by atoms with E-state index in [-0.39, 0.29) is 17.5 Å². The third-order valence-electron chi connectivity index (χ3n) is 4.32. The van der Waals surface area contributed by atoms with Crippen LogP contribution in [0.1, 0.15) is 55.5 Å². The number of halogens is 1. The summed E-state index contributed by atoms with van der Waals surface area (Å²) in [5.74, 6) is -0.712. The summed E-state index contributed by atoms with van der Waals surface area (Å²) >= 11 is 1.51. The van der Waals surface area contributed by atoms with Gasteiger partial charge >= 0.3 is 0 Å². The second-order valence-corrected chi connectivity index (χ2v) is 7.13. The first-order valence-corrected chi connectivity index (χ1v) is 9.06. The molecule has 2 aromatic heterocycles. The Morgan fingerprint density at radius 3 is 2.38 bits per heavy atom. The summed E-state index contributed by atoms with van der Waals surface area (Å²) in [6.07, 6.45) is 0. The Balaban J connectivity index is 1.95. The van der Waals surface area contributed by atoms with E-state index in [0.29, 0.717) is 22.5 Å². The third-order valence-corrected chi connectivity index (χ3v) is 5.26. The first-order valence-electron chi connectivity index (χ1n) is 8.18. The smallest absolute Gasteiger partial charge is 0.268 e. The Morgan fingerprint density at radius 1 is 1.15 bits per heavy atom. The van der Waals surface area contributed by atoms with Gasteiger partial charge in [-0.2, -0.15) is 0 Å². The highest BCUT2D eigenvalue weighted by Gasteiger charge is 2.24. The lowest BCUT2D eigenvalue weighted by Gasteiger charge is -2.18. The zero-order valence-corrected chi connectivity index (χ0v) is 15.5. The first-order chi connectivity index (χ1) is 12.4. The minimum absolute atomic E-state index is 0.0800. The van der Waals surface area contributed by atoms with E-state index in [9.17, 15) is 14.0 Å². The van der Waals surface area contributed by atoms with Crippen molar-refractivity contribution in [3.8, 4) is 0 Å². The molecule has 1 amide bonds. The molecule has 1 aromatic carbocycles. The molecule has 26 heavy (non-hydrogen) atoms. The highest BCUT2D eigenvalue weighted by atomic mass is 32.1. The number of thiophene rings is 1. The average molecular weight is 370 g/mol. The molecule has 1 unspecified atom stereocenters. The van der Waals surface area contributed by atoms with Crippen LogP contribution in [0, 0.1) is 19.7 Å². The number of aryl methyl sites for hydroxylation is 1. The quantitative estimate of drug-likeness (QED) is 0.647. The molecule has 1 atom stereocenters. The maximum atomic E-state index is 13.3. The minimum Gasteiger partial charge on any atom is -0.354 e. The monoisotopic (exact) mass is 370 g/mol. The number of hydrogen-bond donors (Lipinski definition) is 2. The van der Waals surface area contributed by atoms with Crippen LogP contribution in [0.3, 0.4) is 0 Å². The summed E-state index contributed by atoms with van der Waals surface area (Å²) in [4.78, 5) is 28.6. The molecule has 0 fully saturated rings. The zero-order valence-electron chi connectivity index (χ0n) is 14.7. The summed E-state index contributed by atoms with van der Waals surface area (Å²) in [6, 6.07) is 9.50. The fourth-order valence-corrected chi connectivity index (χ4v) is 3.94. The largest absolute Gasteiger partial charge is 0.354 e. The van der Waals surface area contributed by atoms with Crippen LogP contribution in [0.2, 0.25) is 0 Å². The van der Waals surface area contributed by atoms with E-state index in [4.69, 9.17) is 0 Å². The Bertz CT molecular complexity index is 943. The summed E-state index contributed by atoms with van der Waals surface area (Å²) in [6.45, 7) is 5.02. The summed E-state index contributed by atoms with van der Waals surface area (Å²) in [5, 5.41) is 4.92. The molecule has 2 heterocycles. The van der Waals surface area contributed by atoms with Crippen LogP contribution in [-0.4, -0.2) is 16.7 Å². The number of rotatable bonds is 5. The standard InChI is InChI=1S/C20H19FN2O2S/c1-11-17(13(3)24)12(2)22-18(11)20(25)23-19(16-5-4-10-26-16)14-6-8-15(21)9-7-14/h4-10,19,22H,1-3H3,(H,23,25). The second-order valence-electron chi connectivity index (χ2n) is 6.15. The van der Waals surface area contributed by atoms with Gasteiger partial charge in [-0.3, -0.25) is 9.59 Å². The van der Waals surface area contributed by atoms with E-state index in [1.165, 1.54) is 30.4 Å². The number of Topliss-reactive ketones (excluding diaryl/α,β-unsaturated/α-hetero) is 1. The van der Waals surface area contributed by atoms with Gasteiger partial charge in [0.25, 0.3) is 5.91 Å². The molecule has 0 aliphatic rings. The SMILES string of the molecule is CC(=O)c1c(C)[nH]c(C(=O)NC(c2ccc(F)cc2)c2cccs2)c1C. The van der Waals surface area contributed by atoms with Gasteiger partial charge in [0, 0.05) is 16.1 Å². The number of amides is 1. The van der Waals surface area contributed by atoms with Crippen LogP contribution >= 0.6 is 11.3 Å². The molecule has 4 nitrogen and oxygen atoms in total. The lowest BCUT2D eigenvalue weighted by atomic mass is 10.0. The van der Waals surface area contributed by atoms with Crippen molar-refractivity contribution < 1.29 is 14.0 Å². The molecule has 0 aliphatic heterocycles. The Labute approximate surface area is 155 Å². The number of aromatic amines is 1. The molecular weight excluding hydrogens is 351 g/mol. The third kappa shape index (κ3) is 3.46. The number of carbonyl (C=O) groups is 2. The number of carbonyl (C=O) groups excluding carboxylic acids is 2. The van der Waals surface area contributed by atoms with Crippen LogP contribution < -0.4 is 5.32 Å². The van der Waals surface area contributed by atoms with E-state index >= 15 is 0 Å². The fraction of sp³-hybridized carbons (Fsp3) is 0.200. The molecule has 134 valence electrons. The molecule has 0 radical (unpaired) electrons. The number of ketones is 1. The molecule has 0 saturated heterocycles. The molecule has 3 aromatic rings. The summed E-state index contributed by atoms with van der Waals surface area (Å²) in [5.41, 5.74) is 3.02. The highest BCUT2D eigenvalue weighted by Crippen LogP contribution is 2.27. The van der Waals surface area contributed by atoms with Gasteiger partial charge in [0.05, 0.1) is 6.04 Å². The Hall–Kier alpha value is -2.73. The molecular formula is C20H19FN2O2S. The predicted octanol–water partition coefficient (Wildman–Crippen LogP) is 4.55. The topological polar surface area (TPSA) is 62.0 Å². The van der Waals surface area contributed by atoms with Crippen LogP contribution in [-0.2, 0) is 0 Å². The van der Waals surface area contributed by atoms with E-state index in [1.54, 1.807) is 26.0 Å². The van der Waals surface area contributed by atoms with Gasteiger partial charge in [0.2, 0.25) is 0 Å². The lowest BCUT2D eigenvalue weighted by molar-refractivity contribution is 0.0938. The van der Waals surface area contributed by atoms with Crippen molar-refractivity contribution in [3.05, 3.63) is 80.6 Å². The van der Waals surface area contributed by atoms with Crippen molar-refractivity contribution in [1.29, 1.82) is 0 Å². The predicted molar refractivity (Wildman–Crippen MR) is 100 cm³/mol. The van der Waals surface area contributed by atoms with E-state index in [1.807, 2.05) is 17.5 Å². The molecule has 3 rings (SSSR count). The normalized spacial score (nSPS) is 12.0. The van der Waals surface area contributed by atoms with Gasteiger partial charge in [-0.15, -0.1) is 11.3 Å². The fourth-order valence-electron chi connectivity index (χ4n) is 3.14. The van der Waals surface area contributed by atoms with Crippen molar-refractivity contribution in [1.82, 2.24) is 10.3 Å². The van der Waals surface area contributed by atoms with Gasteiger partial charge in [-0.25, -0.2) is 4.39 Å². The van der Waals surface area contributed by atoms with Crippen LogP contribution in [0.25, 0.3) is 0 Å². The average Bonchev–Trinajstić information content (AvgIpc) is 3.21. The van der Waals surface area contributed by atoms with Gasteiger partial charge in [-0.1, -0.05) is 18.2 Å². The minimum atomic E-state index is -0.396. The molecule has 0 spiro atoms. The molecule has 2 N–H and O–H groups in total. The molecule has 0 aliphatic carbocycles. The van der Waals surface area contributed by atoms with Crippen molar-refractivity contribution in [3.63, 3.8) is 0 Å². The van der Waals surface area contributed by atoms with Crippen LogP contribution in [0.5, 0.6) is 0 Å². The molecule has 0 bridgehead atoms. The van der Waals surface area contributed by atoms with E-state index in [0.717, 1.165) is 10.4 Å². The van der Waals surface area contributed by atoms with Crippen molar-refractivity contribution in [2.45, 2.75) is 26.8 Å². The van der Waals surface area contributed by atoms with E-state index < -0.39 is 6.04 Å². The molecule has 0 saturated carbocycles. The maximum absolute atomic E-state index is 13.3. The summed E-state index contributed by atoms with van der Waals surface area (Å²) < 4.78 is 13.3. The summed E-state index contributed by atoms with van der Waals surface area (Å²) in [7, 11) is 0. The van der Waals surface area contributed by atoms with Gasteiger partial charge in [0.1, 0.15) is 11.5 Å². The first kappa shape index (κ1) is 18.1. The van der Waals surface area contributed by atoms with E-state index in [2.05, 4.69) is 10.3 Å². The number of aromatic nitrogens is 1.